The van der Waals surface area contributed by atoms with Gasteiger partial charge in [-0.25, -0.2) is 0 Å². The van der Waals surface area contributed by atoms with Crippen LogP contribution in [0.1, 0.15) is 20.3 Å². The molecule has 0 saturated carbocycles. The van der Waals surface area contributed by atoms with E-state index >= 15 is 0 Å². The Bertz CT molecular complexity index is 69.3. The van der Waals surface area contributed by atoms with Gasteiger partial charge in [-0.05, 0) is 13.3 Å². The molecule has 3 nitrogen and oxygen atoms in total. The number of methoxy groups -OCH3 is 1. The molecule has 62 valence electrons. The summed E-state index contributed by atoms with van der Waals surface area (Å²) in [5.41, 5.74) is 0. The van der Waals surface area contributed by atoms with Crippen molar-refractivity contribution in [2.45, 2.75) is 32.7 Å². The van der Waals surface area contributed by atoms with E-state index in [2.05, 4.69) is 0 Å². The Hall–Kier alpha value is -0.120. The van der Waals surface area contributed by atoms with Gasteiger partial charge in [0, 0.05) is 7.11 Å². The minimum atomic E-state index is -0.413. The van der Waals surface area contributed by atoms with Crippen LogP contribution >= 0.6 is 0 Å². The summed E-state index contributed by atoms with van der Waals surface area (Å²) in [7, 11) is 1.59. The summed E-state index contributed by atoms with van der Waals surface area (Å²) < 4.78 is 10.0. The molecule has 0 rings (SSSR count). The summed E-state index contributed by atoms with van der Waals surface area (Å²) in [6.07, 6.45) is 0.224. The Morgan fingerprint density at radius 2 is 2.10 bits per heavy atom. The molecule has 0 bridgehead atoms. The van der Waals surface area contributed by atoms with Crippen molar-refractivity contribution in [1.82, 2.24) is 0 Å². The highest BCUT2D eigenvalue weighted by molar-refractivity contribution is 4.44. The fourth-order valence-corrected chi connectivity index (χ4v) is 0.599. The third kappa shape index (κ3) is 4.73. The normalized spacial score (nSPS) is 16.8. The fraction of sp³-hybridized carbons (Fsp3) is 1.00. The molecule has 0 aliphatic heterocycles. The molecule has 0 aromatic carbocycles. The lowest BCUT2D eigenvalue weighted by Gasteiger charge is -2.14. The minimum Gasteiger partial charge on any atom is -0.391 e. The van der Waals surface area contributed by atoms with Crippen LogP contribution in [0.2, 0.25) is 0 Å². The zero-order chi connectivity index (χ0) is 7.98. The molecule has 0 spiro atoms. The molecular formula is C7H16O3. The number of aliphatic hydroxyl groups is 1. The van der Waals surface area contributed by atoms with E-state index in [4.69, 9.17) is 14.6 Å². The van der Waals surface area contributed by atoms with Gasteiger partial charge in [0.1, 0.15) is 0 Å². The van der Waals surface area contributed by atoms with Crippen LogP contribution in [0.15, 0.2) is 0 Å². The first-order chi connectivity index (χ1) is 4.70. The SMILES string of the molecule is CCC(OC)OCC(C)O. The standard InChI is InChI=1S/C7H16O3/c1-4-7(9-3)10-5-6(2)8/h6-8H,4-5H2,1-3H3. The van der Waals surface area contributed by atoms with Crippen molar-refractivity contribution < 1.29 is 14.6 Å². The van der Waals surface area contributed by atoms with Crippen LogP contribution in [0, 0.1) is 0 Å². The van der Waals surface area contributed by atoms with Crippen LogP contribution in [0.25, 0.3) is 0 Å². The quantitative estimate of drug-likeness (QED) is 0.585. The van der Waals surface area contributed by atoms with Gasteiger partial charge in [0.05, 0.1) is 12.7 Å². The molecule has 0 amide bonds. The first kappa shape index (κ1) is 9.88. The molecule has 0 fully saturated rings. The van der Waals surface area contributed by atoms with Gasteiger partial charge in [-0.3, -0.25) is 0 Å². The average molecular weight is 148 g/mol. The maximum absolute atomic E-state index is 8.81. The zero-order valence-corrected chi connectivity index (χ0v) is 6.83. The molecule has 2 unspecified atom stereocenters. The zero-order valence-electron chi connectivity index (χ0n) is 6.83. The lowest BCUT2D eigenvalue weighted by Crippen LogP contribution is -2.20. The van der Waals surface area contributed by atoms with Crippen molar-refractivity contribution in [2.24, 2.45) is 0 Å². The summed E-state index contributed by atoms with van der Waals surface area (Å²) >= 11 is 0. The Morgan fingerprint density at radius 1 is 1.50 bits per heavy atom. The van der Waals surface area contributed by atoms with Crippen LogP contribution in [0.5, 0.6) is 0 Å². The topological polar surface area (TPSA) is 38.7 Å². The lowest BCUT2D eigenvalue weighted by molar-refractivity contribution is -0.140. The molecule has 0 saturated heterocycles. The molecular weight excluding hydrogens is 132 g/mol. The van der Waals surface area contributed by atoms with Gasteiger partial charge < -0.3 is 14.6 Å². The molecule has 3 heteroatoms. The van der Waals surface area contributed by atoms with Crippen LogP contribution in [0.4, 0.5) is 0 Å². The maximum atomic E-state index is 8.81. The average Bonchev–Trinajstić information content (AvgIpc) is 1.90. The third-order valence-electron chi connectivity index (χ3n) is 1.12. The molecule has 0 aromatic heterocycles. The molecule has 2 atom stereocenters. The molecule has 0 aliphatic carbocycles. The van der Waals surface area contributed by atoms with Crippen molar-refractivity contribution in [2.75, 3.05) is 13.7 Å². The number of ether oxygens (including phenoxy) is 2. The molecule has 0 aromatic rings. The van der Waals surface area contributed by atoms with E-state index in [9.17, 15) is 0 Å². The third-order valence-corrected chi connectivity index (χ3v) is 1.12. The Balaban J connectivity index is 3.26. The predicted molar refractivity (Wildman–Crippen MR) is 38.7 cm³/mol. The van der Waals surface area contributed by atoms with E-state index in [0.717, 1.165) is 6.42 Å². The van der Waals surface area contributed by atoms with Crippen LogP contribution in [-0.2, 0) is 9.47 Å². The molecule has 10 heavy (non-hydrogen) atoms. The highest BCUT2D eigenvalue weighted by atomic mass is 16.7. The minimum absolute atomic E-state index is 0.172. The molecule has 0 aliphatic rings. The Labute approximate surface area is 62.0 Å². The fourth-order valence-electron chi connectivity index (χ4n) is 0.599. The highest BCUT2D eigenvalue weighted by Crippen LogP contribution is 1.98. The van der Waals surface area contributed by atoms with Gasteiger partial charge >= 0.3 is 0 Å². The van der Waals surface area contributed by atoms with Gasteiger partial charge in [0.2, 0.25) is 0 Å². The second-order valence-electron chi connectivity index (χ2n) is 2.26. The van der Waals surface area contributed by atoms with Crippen molar-refractivity contribution in [3.8, 4) is 0 Å². The largest absolute Gasteiger partial charge is 0.391 e. The lowest BCUT2D eigenvalue weighted by atomic mass is 10.4. The van der Waals surface area contributed by atoms with E-state index in [0.29, 0.717) is 6.61 Å². The van der Waals surface area contributed by atoms with E-state index in [1.807, 2.05) is 6.92 Å². The maximum Gasteiger partial charge on any atom is 0.157 e. The predicted octanol–water partition coefficient (Wildman–Crippen LogP) is 0.766. The van der Waals surface area contributed by atoms with Crippen LogP contribution < -0.4 is 0 Å². The molecule has 1 N–H and O–H groups in total. The van der Waals surface area contributed by atoms with Crippen molar-refractivity contribution in [3.05, 3.63) is 0 Å². The summed E-state index contributed by atoms with van der Waals surface area (Å²) in [5.74, 6) is 0. The van der Waals surface area contributed by atoms with Crippen molar-refractivity contribution in [1.29, 1.82) is 0 Å². The second-order valence-corrected chi connectivity index (χ2v) is 2.26. The van der Waals surface area contributed by atoms with Gasteiger partial charge in [-0.15, -0.1) is 0 Å². The first-order valence-electron chi connectivity index (χ1n) is 3.53. The van der Waals surface area contributed by atoms with Gasteiger partial charge in [-0.1, -0.05) is 6.92 Å². The first-order valence-corrected chi connectivity index (χ1v) is 3.53. The second kappa shape index (κ2) is 5.65. The highest BCUT2D eigenvalue weighted by Gasteiger charge is 2.04. The van der Waals surface area contributed by atoms with E-state index in [1.165, 1.54) is 0 Å². The number of aliphatic hydroxyl groups excluding tert-OH is 1. The summed E-state index contributed by atoms with van der Waals surface area (Å²) in [6, 6.07) is 0. The van der Waals surface area contributed by atoms with Crippen molar-refractivity contribution >= 4 is 0 Å². The van der Waals surface area contributed by atoms with Gasteiger partial charge in [-0.2, -0.15) is 0 Å². The van der Waals surface area contributed by atoms with Crippen molar-refractivity contribution in [3.63, 3.8) is 0 Å². The summed E-state index contributed by atoms with van der Waals surface area (Å²) in [5, 5.41) is 8.81. The van der Waals surface area contributed by atoms with Gasteiger partial charge in [0.15, 0.2) is 6.29 Å². The summed E-state index contributed by atoms with van der Waals surface area (Å²) in [6.45, 7) is 3.99. The number of hydrogen-bond acceptors (Lipinski definition) is 3. The van der Waals surface area contributed by atoms with Crippen LogP contribution in [-0.4, -0.2) is 31.2 Å². The Kier molecular flexibility index (Phi) is 5.58. The number of hydrogen-bond donors (Lipinski definition) is 1. The van der Waals surface area contributed by atoms with E-state index < -0.39 is 6.10 Å². The van der Waals surface area contributed by atoms with E-state index in [-0.39, 0.29) is 6.29 Å². The monoisotopic (exact) mass is 148 g/mol. The van der Waals surface area contributed by atoms with E-state index in [1.54, 1.807) is 14.0 Å². The van der Waals surface area contributed by atoms with Gasteiger partial charge in [0.25, 0.3) is 0 Å². The summed E-state index contributed by atoms with van der Waals surface area (Å²) in [4.78, 5) is 0. The molecule has 0 heterocycles. The Morgan fingerprint density at radius 3 is 2.40 bits per heavy atom. The number of rotatable bonds is 5. The van der Waals surface area contributed by atoms with Crippen LogP contribution in [0.3, 0.4) is 0 Å². The smallest absolute Gasteiger partial charge is 0.157 e. The molecule has 0 radical (unpaired) electrons.